The van der Waals surface area contributed by atoms with Crippen LogP contribution in [0.3, 0.4) is 0 Å². The van der Waals surface area contributed by atoms with Crippen LogP contribution in [0.2, 0.25) is 0 Å². The van der Waals surface area contributed by atoms with Crippen LogP contribution in [0, 0.1) is 0 Å². The fraction of sp³-hybridized carbons (Fsp3) is 0.200. The third-order valence-corrected chi connectivity index (χ3v) is 1.77. The molecule has 0 aliphatic rings. The van der Waals surface area contributed by atoms with Crippen molar-refractivity contribution in [2.75, 3.05) is 5.32 Å². The van der Waals surface area contributed by atoms with Gasteiger partial charge in [0, 0.05) is 19.0 Å². The first-order valence-corrected chi connectivity index (χ1v) is 4.63. The average Bonchev–Trinajstić information content (AvgIpc) is 2.01. The number of thiocarbonyl (C=S) groups is 1. The van der Waals surface area contributed by atoms with Gasteiger partial charge in [0.2, 0.25) is 5.91 Å². The van der Waals surface area contributed by atoms with E-state index in [-0.39, 0.29) is 5.91 Å². The first kappa shape index (κ1) is 10.7. The third-order valence-electron chi connectivity index (χ3n) is 1.63. The van der Waals surface area contributed by atoms with E-state index in [0.717, 1.165) is 11.3 Å². The lowest BCUT2D eigenvalue weighted by molar-refractivity contribution is -0.114. The van der Waals surface area contributed by atoms with Gasteiger partial charge in [-0.3, -0.25) is 4.79 Å². The molecule has 4 heteroatoms. The summed E-state index contributed by atoms with van der Waals surface area (Å²) in [5, 5.41) is 2.70. The Balaban J connectivity index is 2.78. The van der Waals surface area contributed by atoms with Gasteiger partial charge in [0.1, 0.15) is 0 Å². The minimum Gasteiger partial charge on any atom is -0.393 e. The van der Waals surface area contributed by atoms with Crippen molar-refractivity contribution in [3.8, 4) is 0 Å². The van der Waals surface area contributed by atoms with Gasteiger partial charge in [-0.15, -0.1) is 0 Å². The van der Waals surface area contributed by atoms with Gasteiger partial charge in [-0.2, -0.15) is 0 Å². The molecule has 3 N–H and O–H groups in total. The van der Waals surface area contributed by atoms with Crippen molar-refractivity contribution in [2.45, 2.75) is 13.3 Å². The molecular weight excluding hydrogens is 196 g/mol. The van der Waals surface area contributed by atoms with Gasteiger partial charge in [0.25, 0.3) is 0 Å². The normalized spacial score (nSPS) is 9.50. The van der Waals surface area contributed by atoms with E-state index in [9.17, 15) is 4.79 Å². The Morgan fingerprint density at radius 1 is 1.57 bits per heavy atom. The lowest BCUT2D eigenvalue weighted by atomic mass is 10.1. The predicted octanol–water partition coefficient (Wildman–Crippen LogP) is 1.47. The molecule has 0 saturated carbocycles. The maximum atomic E-state index is 10.8. The lowest BCUT2D eigenvalue weighted by Crippen LogP contribution is -2.11. The molecule has 74 valence electrons. The van der Waals surface area contributed by atoms with Crippen LogP contribution in [0.25, 0.3) is 0 Å². The molecule has 1 aromatic rings. The molecule has 0 unspecified atom stereocenters. The largest absolute Gasteiger partial charge is 0.393 e. The molecule has 0 aromatic heterocycles. The molecule has 1 rings (SSSR count). The summed E-state index contributed by atoms with van der Waals surface area (Å²) < 4.78 is 0. The van der Waals surface area contributed by atoms with Gasteiger partial charge < -0.3 is 11.1 Å². The highest BCUT2D eigenvalue weighted by Gasteiger charge is 1.98. The molecule has 0 fully saturated rings. The van der Waals surface area contributed by atoms with Crippen LogP contribution in [-0.4, -0.2) is 10.9 Å². The number of anilines is 1. The van der Waals surface area contributed by atoms with E-state index < -0.39 is 0 Å². The molecule has 0 radical (unpaired) electrons. The highest BCUT2D eigenvalue weighted by Crippen LogP contribution is 2.10. The van der Waals surface area contributed by atoms with Gasteiger partial charge in [0.15, 0.2) is 0 Å². The number of carbonyl (C=O) groups excluding carboxylic acids is 1. The molecule has 0 aliphatic carbocycles. The zero-order valence-corrected chi connectivity index (χ0v) is 8.73. The molecule has 14 heavy (non-hydrogen) atoms. The Labute approximate surface area is 88.3 Å². The molecule has 3 nitrogen and oxygen atoms in total. The molecule has 1 aromatic carbocycles. The van der Waals surface area contributed by atoms with Crippen LogP contribution in [-0.2, 0) is 11.2 Å². The Hall–Kier alpha value is -1.42. The first-order chi connectivity index (χ1) is 6.58. The summed E-state index contributed by atoms with van der Waals surface area (Å²) in [5.74, 6) is -0.0857. The Bertz CT molecular complexity index is 332. The third kappa shape index (κ3) is 3.53. The first-order valence-electron chi connectivity index (χ1n) is 4.23. The zero-order chi connectivity index (χ0) is 10.6. The van der Waals surface area contributed by atoms with Gasteiger partial charge in [0.05, 0.1) is 4.99 Å². The number of nitrogens with two attached hydrogens (primary N) is 1. The predicted molar refractivity (Wildman–Crippen MR) is 61.2 cm³/mol. The standard InChI is InChI=1S/C10H12N2OS/c1-7(13)12-9-4-2-3-8(5-9)6-10(11)14/h2-5H,6H2,1H3,(H2,11,14)(H,12,13). The minimum absolute atomic E-state index is 0.0857. The van der Waals surface area contributed by atoms with Gasteiger partial charge in [-0.05, 0) is 17.7 Å². The number of hydrogen-bond acceptors (Lipinski definition) is 2. The van der Waals surface area contributed by atoms with E-state index in [1.54, 1.807) is 0 Å². The number of benzene rings is 1. The van der Waals surface area contributed by atoms with Gasteiger partial charge in [-0.1, -0.05) is 24.4 Å². The Morgan fingerprint density at radius 2 is 2.29 bits per heavy atom. The fourth-order valence-corrected chi connectivity index (χ4v) is 1.33. The van der Waals surface area contributed by atoms with E-state index in [1.165, 1.54) is 6.92 Å². The summed E-state index contributed by atoms with van der Waals surface area (Å²) in [6.45, 7) is 1.47. The summed E-state index contributed by atoms with van der Waals surface area (Å²) in [5.41, 5.74) is 7.19. The molecule has 0 saturated heterocycles. The van der Waals surface area contributed by atoms with Crippen molar-refractivity contribution >= 4 is 28.8 Å². The monoisotopic (exact) mass is 208 g/mol. The fourth-order valence-electron chi connectivity index (χ4n) is 1.16. The summed E-state index contributed by atoms with van der Waals surface area (Å²) in [4.78, 5) is 11.2. The SMILES string of the molecule is CC(=O)Nc1cccc(CC(N)=S)c1. The van der Waals surface area contributed by atoms with E-state index >= 15 is 0 Å². The summed E-state index contributed by atoms with van der Waals surface area (Å²) in [6, 6.07) is 7.47. The topological polar surface area (TPSA) is 55.1 Å². The minimum atomic E-state index is -0.0857. The maximum Gasteiger partial charge on any atom is 0.221 e. The molecule has 0 heterocycles. The molecular formula is C10H12N2OS. The molecule has 0 atom stereocenters. The molecule has 0 bridgehead atoms. The molecule has 0 spiro atoms. The van der Waals surface area contributed by atoms with Gasteiger partial charge >= 0.3 is 0 Å². The van der Waals surface area contributed by atoms with E-state index in [2.05, 4.69) is 5.32 Å². The summed E-state index contributed by atoms with van der Waals surface area (Å²) in [7, 11) is 0. The summed E-state index contributed by atoms with van der Waals surface area (Å²) in [6.07, 6.45) is 0.558. The average molecular weight is 208 g/mol. The smallest absolute Gasteiger partial charge is 0.221 e. The Morgan fingerprint density at radius 3 is 2.86 bits per heavy atom. The van der Waals surface area contributed by atoms with Crippen LogP contribution < -0.4 is 11.1 Å². The molecule has 0 aliphatic heterocycles. The van der Waals surface area contributed by atoms with Crippen LogP contribution in [0.5, 0.6) is 0 Å². The summed E-state index contributed by atoms with van der Waals surface area (Å²) >= 11 is 4.80. The van der Waals surface area contributed by atoms with Gasteiger partial charge in [-0.25, -0.2) is 0 Å². The van der Waals surface area contributed by atoms with E-state index in [0.29, 0.717) is 11.4 Å². The maximum absolute atomic E-state index is 10.8. The van der Waals surface area contributed by atoms with Crippen molar-refractivity contribution < 1.29 is 4.79 Å². The van der Waals surface area contributed by atoms with Crippen LogP contribution >= 0.6 is 12.2 Å². The van der Waals surface area contributed by atoms with Crippen LogP contribution in [0.4, 0.5) is 5.69 Å². The second-order valence-corrected chi connectivity index (χ2v) is 3.55. The number of nitrogens with one attached hydrogen (secondary N) is 1. The van der Waals surface area contributed by atoms with Crippen molar-refractivity contribution in [3.63, 3.8) is 0 Å². The van der Waals surface area contributed by atoms with Crippen LogP contribution in [0.15, 0.2) is 24.3 Å². The van der Waals surface area contributed by atoms with Crippen molar-refractivity contribution in [3.05, 3.63) is 29.8 Å². The number of hydrogen-bond donors (Lipinski definition) is 2. The quantitative estimate of drug-likeness (QED) is 0.740. The van der Waals surface area contributed by atoms with E-state index in [1.807, 2.05) is 24.3 Å². The van der Waals surface area contributed by atoms with Crippen LogP contribution in [0.1, 0.15) is 12.5 Å². The van der Waals surface area contributed by atoms with Crippen molar-refractivity contribution in [1.82, 2.24) is 0 Å². The lowest BCUT2D eigenvalue weighted by Gasteiger charge is -2.04. The highest BCUT2D eigenvalue weighted by atomic mass is 32.1. The second kappa shape index (κ2) is 4.72. The number of carbonyl (C=O) groups is 1. The van der Waals surface area contributed by atoms with Crippen molar-refractivity contribution in [1.29, 1.82) is 0 Å². The zero-order valence-electron chi connectivity index (χ0n) is 7.91. The van der Waals surface area contributed by atoms with E-state index in [4.69, 9.17) is 18.0 Å². The molecule has 1 amide bonds. The Kier molecular flexibility index (Phi) is 3.59. The number of rotatable bonds is 3. The van der Waals surface area contributed by atoms with Crippen molar-refractivity contribution in [2.24, 2.45) is 5.73 Å². The second-order valence-electron chi connectivity index (χ2n) is 3.02. The highest BCUT2D eigenvalue weighted by molar-refractivity contribution is 7.80. The number of amides is 1.